The van der Waals surface area contributed by atoms with Crippen LogP contribution in [0, 0.1) is 0 Å². The summed E-state index contributed by atoms with van der Waals surface area (Å²) in [5, 5.41) is 0. The predicted octanol–water partition coefficient (Wildman–Crippen LogP) is 3.44. The highest BCUT2D eigenvalue weighted by atomic mass is 16.6. The Labute approximate surface area is 114 Å². The molecule has 0 N–H and O–H groups in total. The van der Waals surface area contributed by atoms with E-state index in [1.165, 1.54) is 0 Å². The summed E-state index contributed by atoms with van der Waals surface area (Å²) in [4.78, 5) is 12.0. The number of hydrogen-bond acceptors (Lipinski definition) is 4. The van der Waals surface area contributed by atoms with Crippen LogP contribution in [0.4, 0.5) is 0 Å². The van der Waals surface area contributed by atoms with E-state index in [2.05, 4.69) is 0 Å². The molecule has 0 aliphatic heterocycles. The van der Waals surface area contributed by atoms with Crippen molar-refractivity contribution in [2.24, 2.45) is 0 Å². The first-order chi connectivity index (χ1) is 8.87. The molecule has 0 fully saturated rings. The molecule has 1 aromatic carbocycles. The van der Waals surface area contributed by atoms with Crippen LogP contribution >= 0.6 is 0 Å². The summed E-state index contributed by atoms with van der Waals surface area (Å²) >= 11 is 0. The summed E-state index contributed by atoms with van der Waals surface area (Å²) in [6.45, 7) is 10.4. The Bertz CT molecular complexity index is 432. The van der Waals surface area contributed by atoms with Crippen LogP contribution in [-0.4, -0.2) is 24.8 Å². The fraction of sp³-hybridized carbons (Fsp3) is 0.533. The van der Waals surface area contributed by atoms with Gasteiger partial charge in [0, 0.05) is 0 Å². The molecule has 4 nitrogen and oxygen atoms in total. The fourth-order valence-electron chi connectivity index (χ4n) is 1.52. The normalized spacial score (nSPS) is 11.0. The van der Waals surface area contributed by atoms with Gasteiger partial charge in [0.1, 0.15) is 5.60 Å². The first kappa shape index (κ1) is 15.3. The highest BCUT2D eigenvalue weighted by Crippen LogP contribution is 2.29. The van der Waals surface area contributed by atoms with Crippen molar-refractivity contribution in [3.8, 4) is 11.5 Å². The van der Waals surface area contributed by atoms with Crippen LogP contribution in [-0.2, 0) is 4.74 Å². The number of ether oxygens (including phenoxy) is 3. The lowest BCUT2D eigenvalue weighted by Gasteiger charge is -2.20. The van der Waals surface area contributed by atoms with Crippen molar-refractivity contribution in [3.63, 3.8) is 0 Å². The topological polar surface area (TPSA) is 44.8 Å². The standard InChI is InChI=1S/C15H22O4/c1-6-17-12-9-8-11(10-13(12)18-7-2)14(16)19-15(3,4)5/h8-10H,6-7H2,1-5H3. The molecular formula is C15H22O4. The van der Waals surface area contributed by atoms with Crippen LogP contribution in [0.3, 0.4) is 0 Å². The number of rotatable bonds is 5. The molecule has 0 saturated carbocycles. The summed E-state index contributed by atoms with van der Waals surface area (Å²) in [6.07, 6.45) is 0. The SMILES string of the molecule is CCOc1ccc(C(=O)OC(C)(C)C)cc1OCC. The molecule has 0 bridgehead atoms. The van der Waals surface area contributed by atoms with Crippen LogP contribution in [0.1, 0.15) is 45.0 Å². The largest absolute Gasteiger partial charge is 0.490 e. The second kappa shape index (κ2) is 6.45. The van der Waals surface area contributed by atoms with Gasteiger partial charge in [-0.3, -0.25) is 0 Å². The maximum atomic E-state index is 12.0. The Morgan fingerprint density at radius 2 is 1.63 bits per heavy atom. The zero-order valence-corrected chi connectivity index (χ0v) is 12.3. The van der Waals surface area contributed by atoms with Gasteiger partial charge in [-0.15, -0.1) is 0 Å². The maximum Gasteiger partial charge on any atom is 0.338 e. The molecule has 1 aromatic rings. The van der Waals surface area contributed by atoms with Crippen molar-refractivity contribution in [2.45, 2.75) is 40.2 Å². The van der Waals surface area contributed by atoms with Gasteiger partial charge in [0.2, 0.25) is 0 Å². The third-order valence-electron chi connectivity index (χ3n) is 2.18. The molecule has 106 valence electrons. The molecule has 19 heavy (non-hydrogen) atoms. The van der Waals surface area contributed by atoms with Crippen molar-refractivity contribution < 1.29 is 19.0 Å². The Kier molecular flexibility index (Phi) is 5.21. The van der Waals surface area contributed by atoms with E-state index >= 15 is 0 Å². The quantitative estimate of drug-likeness (QED) is 0.766. The Hall–Kier alpha value is -1.71. The second-order valence-corrected chi connectivity index (χ2v) is 5.03. The maximum absolute atomic E-state index is 12.0. The van der Waals surface area contributed by atoms with Gasteiger partial charge in [0.25, 0.3) is 0 Å². The zero-order valence-electron chi connectivity index (χ0n) is 12.3. The number of hydrogen-bond donors (Lipinski definition) is 0. The van der Waals surface area contributed by atoms with E-state index < -0.39 is 5.60 Å². The Morgan fingerprint density at radius 3 is 2.16 bits per heavy atom. The van der Waals surface area contributed by atoms with E-state index in [9.17, 15) is 4.79 Å². The van der Waals surface area contributed by atoms with Crippen LogP contribution in [0.15, 0.2) is 18.2 Å². The van der Waals surface area contributed by atoms with Gasteiger partial charge in [0.15, 0.2) is 11.5 Å². The van der Waals surface area contributed by atoms with E-state index in [-0.39, 0.29) is 5.97 Å². The minimum absolute atomic E-state index is 0.364. The molecule has 0 amide bonds. The molecular weight excluding hydrogens is 244 g/mol. The van der Waals surface area contributed by atoms with Gasteiger partial charge < -0.3 is 14.2 Å². The van der Waals surface area contributed by atoms with Gasteiger partial charge in [-0.25, -0.2) is 4.79 Å². The third-order valence-corrected chi connectivity index (χ3v) is 2.18. The number of esters is 1. The zero-order chi connectivity index (χ0) is 14.5. The lowest BCUT2D eigenvalue weighted by atomic mass is 10.1. The highest BCUT2D eigenvalue weighted by molar-refractivity contribution is 5.90. The number of carbonyl (C=O) groups is 1. The minimum atomic E-state index is -0.512. The molecule has 4 heteroatoms. The molecule has 0 atom stereocenters. The summed E-state index contributed by atoms with van der Waals surface area (Å²) < 4.78 is 16.2. The van der Waals surface area contributed by atoms with Gasteiger partial charge >= 0.3 is 5.97 Å². The molecule has 0 radical (unpaired) electrons. The summed E-state index contributed by atoms with van der Waals surface area (Å²) in [6, 6.07) is 5.07. The lowest BCUT2D eigenvalue weighted by molar-refractivity contribution is 0.00691. The van der Waals surface area contributed by atoms with Crippen LogP contribution < -0.4 is 9.47 Å². The van der Waals surface area contributed by atoms with Crippen LogP contribution in [0.5, 0.6) is 11.5 Å². The van der Waals surface area contributed by atoms with E-state index in [1.54, 1.807) is 18.2 Å². The fourth-order valence-corrected chi connectivity index (χ4v) is 1.52. The van der Waals surface area contributed by atoms with E-state index in [1.807, 2.05) is 34.6 Å². The molecule has 0 aromatic heterocycles. The van der Waals surface area contributed by atoms with Crippen molar-refractivity contribution in [1.29, 1.82) is 0 Å². The third kappa shape index (κ3) is 4.81. The van der Waals surface area contributed by atoms with Crippen molar-refractivity contribution in [1.82, 2.24) is 0 Å². The summed E-state index contributed by atoms with van der Waals surface area (Å²) in [5.74, 6) is 0.834. The summed E-state index contributed by atoms with van der Waals surface area (Å²) in [7, 11) is 0. The van der Waals surface area contributed by atoms with E-state index in [0.29, 0.717) is 30.3 Å². The molecule has 0 aliphatic rings. The molecule has 0 saturated heterocycles. The molecule has 0 aliphatic carbocycles. The van der Waals surface area contributed by atoms with Gasteiger partial charge in [-0.1, -0.05) is 0 Å². The predicted molar refractivity (Wildman–Crippen MR) is 73.9 cm³/mol. The molecule has 0 unspecified atom stereocenters. The monoisotopic (exact) mass is 266 g/mol. The number of benzene rings is 1. The Morgan fingerprint density at radius 1 is 1.05 bits per heavy atom. The molecule has 0 spiro atoms. The van der Waals surface area contributed by atoms with Gasteiger partial charge in [0.05, 0.1) is 18.8 Å². The van der Waals surface area contributed by atoms with Crippen molar-refractivity contribution in [2.75, 3.05) is 13.2 Å². The number of carbonyl (C=O) groups excluding carboxylic acids is 1. The summed E-state index contributed by atoms with van der Waals surface area (Å²) in [5.41, 5.74) is -0.0524. The molecule has 1 rings (SSSR count). The van der Waals surface area contributed by atoms with E-state index in [4.69, 9.17) is 14.2 Å². The minimum Gasteiger partial charge on any atom is -0.490 e. The Balaban J connectivity index is 2.97. The first-order valence-corrected chi connectivity index (χ1v) is 6.50. The van der Waals surface area contributed by atoms with Crippen LogP contribution in [0.2, 0.25) is 0 Å². The lowest BCUT2D eigenvalue weighted by Crippen LogP contribution is -2.23. The highest BCUT2D eigenvalue weighted by Gasteiger charge is 2.19. The average molecular weight is 266 g/mol. The van der Waals surface area contributed by atoms with Crippen LogP contribution in [0.25, 0.3) is 0 Å². The second-order valence-electron chi connectivity index (χ2n) is 5.03. The van der Waals surface area contributed by atoms with Crippen molar-refractivity contribution >= 4 is 5.97 Å². The van der Waals surface area contributed by atoms with Crippen molar-refractivity contribution in [3.05, 3.63) is 23.8 Å². The smallest absolute Gasteiger partial charge is 0.338 e. The van der Waals surface area contributed by atoms with Gasteiger partial charge in [-0.2, -0.15) is 0 Å². The van der Waals surface area contributed by atoms with E-state index in [0.717, 1.165) is 0 Å². The molecule has 0 heterocycles. The average Bonchev–Trinajstić information content (AvgIpc) is 2.29. The van der Waals surface area contributed by atoms with Gasteiger partial charge in [-0.05, 0) is 52.8 Å². The first-order valence-electron chi connectivity index (χ1n) is 6.50.